The molecule has 21 heavy (non-hydrogen) atoms. The normalized spacial score (nSPS) is 18.8. The summed E-state index contributed by atoms with van der Waals surface area (Å²) >= 11 is 0. The summed E-state index contributed by atoms with van der Waals surface area (Å²) in [7, 11) is -4.13. The smallest absolute Gasteiger partial charge is 0.425 e. The maximum absolute atomic E-state index is 12.3. The summed E-state index contributed by atoms with van der Waals surface area (Å²) in [5, 5.41) is 0. The van der Waals surface area contributed by atoms with Crippen molar-refractivity contribution in [2.75, 3.05) is 13.1 Å². The molecule has 0 spiro atoms. The van der Waals surface area contributed by atoms with Gasteiger partial charge in [0.1, 0.15) is 5.60 Å². The molecule has 0 saturated carbocycles. The van der Waals surface area contributed by atoms with E-state index in [1.54, 1.807) is 20.8 Å². The lowest BCUT2D eigenvalue weighted by atomic mass is 9.92. The Morgan fingerprint density at radius 1 is 1.00 bits per heavy atom. The molecule has 0 N–H and O–H groups in total. The van der Waals surface area contributed by atoms with Crippen LogP contribution >= 0.6 is 0 Å². The van der Waals surface area contributed by atoms with Gasteiger partial charge >= 0.3 is 16.3 Å². The number of hydrogen-bond donors (Lipinski definition) is 0. The third-order valence-electron chi connectivity index (χ3n) is 2.62. The second-order valence-electron chi connectivity index (χ2n) is 7.26. The van der Waals surface area contributed by atoms with Crippen molar-refractivity contribution in [3.8, 4) is 0 Å². The van der Waals surface area contributed by atoms with Gasteiger partial charge in [-0.15, -0.1) is 0 Å². The Kier molecular flexibility index (Phi) is 4.62. The second kappa shape index (κ2) is 5.47. The van der Waals surface area contributed by atoms with Crippen molar-refractivity contribution in [3.05, 3.63) is 0 Å². The molecule has 8 heteroatoms. The Morgan fingerprint density at radius 2 is 1.48 bits per heavy atom. The van der Waals surface area contributed by atoms with Gasteiger partial charge < -0.3 is 4.74 Å². The molecule has 1 rings (SSSR count). The van der Waals surface area contributed by atoms with Gasteiger partial charge in [0.15, 0.2) is 0 Å². The van der Waals surface area contributed by atoms with Gasteiger partial charge in [-0.3, -0.25) is 4.79 Å². The first-order valence-electron chi connectivity index (χ1n) is 6.80. The van der Waals surface area contributed by atoms with Crippen LogP contribution in [0.4, 0.5) is 4.79 Å². The van der Waals surface area contributed by atoms with Gasteiger partial charge in [-0.2, -0.15) is 12.7 Å². The number of hydrogen-bond acceptors (Lipinski definition) is 5. The van der Waals surface area contributed by atoms with Crippen LogP contribution in [0.2, 0.25) is 0 Å². The van der Waals surface area contributed by atoms with Crippen LogP contribution in [0.15, 0.2) is 0 Å². The summed E-state index contributed by atoms with van der Waals surface area (Å²) in [6.45, 7) is 10.4. The van der Waals surface area contributed by atoms with E-state index in [0.717, 1.165) is 4.31 Å². The molecule has 0 aliphatic carbocycles. The molecule has 1 saturated heterocycles. The van der Waals surface area contributed by atoms with Crippen LogP contribution in [0.1, 0.15) is 48.0 Å². The average molecular weight is 320 g/mol. The highest BCUT2D eigenvalue weighted by molar-refractivity contribution is 7.88. The minimum atomic E-state index is -4.13. The number of rotatable bonds is 1. The van der Waals surface area contributed by atoms with Gasteiger partial charge in [0.05, 0.1) is 13.1 Å². The van der Waals surface area contributed by atoms with Gasteiger partial charge in [-0.25, -0.2) is 9.10 Å². The molecule has 1 heterocycles. The zero-order chi connectivity index (χ0) is 16.6. The van der Waals surface area contributed by atoms with Crippen molar-refractivity contribution >= 4 is 22.2 Å². The molecular weight excluding hydrogens is 296 g/mol. The Balaban J connectivity index is 2.88. The lowest BCUT2D eigenvalue weighted by Crippen LogP contribution is -2.42. The van der Waals surface area contributed by atoms with Crippen molar-refractivity contribution in [1.29, 1.82) is 0 Å². The van der Waals surface area contributed by atoms with Gasteiger partial charge in [0, 0.05) is 6.42 Å². The topological polar surface area (TPSA) is 84.0 Å². The molecule has 1 fully saturated rings. The molecule has 0 atom stereocenters. The van der Waals surface area contributed by atoms with Crippen molar-refractivity contribution in [3.63, 3.8) is 0 Å². The minimum absolute atomic E-state index is 0.0313. The Bertz CT molecular complexity index is 486. The van der Waals surface area contributed by atoms with Crippen LogP contribution < -0.4 is 0 Å². The molecule has 0 unspecified atom stereocenters. The second-order valence-corrected chi connectivity index (χ2v) is 9.04. The summed E-state index contributed by atoms with van der Waals surface area (Å²) in [6, 6.07) is 0. The van der Waals surface area contributed by atoms with E-state index in [0.29, 0.717) is 4.31 Å². The van der Waals surface area contributed by atoms with E-state index >= 15 is 0 Å². The molecule has 0 bridgehead atoms. The van der Waals surface area contributed by atoms with Gasteiger partial charge in [0.25, 0.3) is 0 Å². The maximum Gasteiger partial charge on any atom is 0.425 e. The van der Waals surface area contributed by atoms with E-state index in [-0.39, 0.29) is 24.9 Å². The third kappa shape index (κ3) is 4.59. The lowest BCUT2D eigenvalue weighted by Gasteiger charge is -2.25. The number of amides is 2. The molecular formula is C13H24N2O5S. The summed E-state index contributed by atoms with van der Waals surface area (Å²) in [5.74, 6) is -0.506. The summed E-state index contributed by atoms with van der Waals surface area (Å²) < 4.78 is 31.0. The van der Waals surface area contributed by atoms with E-state index in [1.807, 2.05) is 20.8 Å². The predicted molar refractivity (Wildman–Crippen MR) is 77.6 cm³/mol. The van der Waals surface area contributed by atoms with E-state index in [9.17, 15) is 18.0 Å². The molecule has 0 radical (unpaired) electrons. The third-order valence-corrected chi connectivity index (χ3v) is 4.45. The van der Waals surface area contributed by atoms with Crippen LogP contribution in [-0.2, 0) is 19.7 Å². The first-order valence-corrected chi connectivity index (χ1v) is 8.20. The first-order chi connectivity index (χ1) is 9.24. The van der Waals surface area contributed by atoms with Crippen LogP contribution in [0, 0.1) is 5.41 Å². The minimum Gasteiger partial charge on any atom is -0.443 e. The van der Waals surface area contributed by atoms with Gasteiger partial charge in [-0.05, 0) is 26.2 Å². The monoisotopic (exact) mass is 320 g/mol. The van der Waals surface area contributed by atoms with E-state index in [4.69, 9.17) is 4.74 Å². The molecule has 0 aromatic rings. The van der Waals surface area contributed by atoms with Crippen molar-refractivity contribution < 1.29 is 22.7 Å². The highest BCUT2D eigenvalue weighted by atomic mass is 32.2. The van der Waals surface area contributed by atoms with Crippen LogP contribution in [0.25, 0.3) is 0 Å². The molecule has 122 valence electrons. The highest BCUT2D eigenvalue weighted by Gasteiger charge is 2.44. The fraction of sp³-hybridized carbons (Fsp3) is 0.846. The number of carbonyl (C=O) groups excluding carboxylic acids is 2. The zero-order valence-corrected chi connectivity index (χ0v) is 14.3. The largest absolute Gasteiger partial charge is 0.443 e. The zero-order valence-electron chi connectivity index (χ0n) is 13.5. The number of carbonyl (C=O) groups is 2. The maximum atomic E-state index is 12.3. The van der Waals surface area contributed by atoms with Crippen LogP contribution in [0.5, 0.6) is 0 Å². The standard InChI is InChI=1S/C13H24N2O5S/c1-12(2,3)9-10(16)14-7-8-15(21(14,18)19)11(17)20-13(4,5)6/h7-9H2,1-6H3. The fourth-order valence-electron chi connectivity index (χ4n) is 1.82. The lowest BCUT2D eigenvalue weighted by molar-refractivity contribution is -0.127. The Hall–Kier alpha value is -1.31. The van der Waals surface area contributed by atoms with E-state index in [1.165, 1.54) is 0 Å². The average Bonchev–Trinajstić information content (AvgIpc) is 2.47. The van der Waals surface area contributed by atoms with Gasteiger partial charge in [0.2, 0.25) is 5.91 Å². The summed E-state index contributed by atoms with van der Waals surface area (Å²) in [6.07, 6.45) is -0.859. The molecule has 7 nitrogen and oxygen atoms in total. The molecule has 2 amide bonds. The Labute approximate surface area is 126 Å². The van der Waals surface area contributed by atoms with Crippen LogP contribution in [0.3, 0.4) is 0 Å². The molecule has 1 aliphatic heterocycles. The van der Waals surface area contributed by atoms with Crippen molar-refractivity contribution in [2.45, 2.75) is 53.6 Å². The fourth-order valence-corrected chi connectivity index (χ4v) is 3.24. The van der Waals surface area contributed by atoms with Crippen molar-refractivity contribution in [2.24, 2.45) is 5.41 Å². The number of nitrogens with zero attached hydrogens (tertiary/aromatic N) is 2. The molecule has 1 aliphatic rings. The first kappa shape index (κ1) is 17.7. The van der Waals surface area contributed by atoms with E-state index in [2.05, 4.69) is 0 Å². The van der Waals surface area contributed by atoms with Crippen molar-refractivity contribution in [1.82, 2.24) is 8.61 Å². The SMILES string of the molecule is CC(C)(C)CC(=O)N1CCN(C(=O)OC(C)(C)C)S1(=O)=O. The highest BCUT2D eigenvalue weighted by Crippen LogP contribution is 2.25. The molecule has 0 aromatic carbocycles. The summed E-state index contributed by atoms with van der Waals surface area (Å²) in [5.41, 5.74) is -1.12. The predicted octanol–water partition coefficient (Wildman–Crippen LogP) is 1.75. The van der Waals surface area contributed by atoms with E-state index < -0.39 is 27.8 Å². The van der Waals surface area contributed by atoms with Crippen LogP contribution in [-0.4, -0.2) is 47.7 Å². The quantitative estimate of drug-likeness (QED) is 0.735. The molecule has 0 aromatic heterocycles. The number of ether oxygens (including phenoxy) is 1. The Morgan fingerprint density at radius 3 is 1.90 bits per heavy atom. The summed E-state index contributed by atoms with van der Waals surface area (Å²) in [4.78, 5) is 24.0. The van der Waals surface area contributed by atoms with Gasteiger partial charge in [-0.1, -0.05) is 20.8 Å².